The molecule has 1 aliphatic carbocycles. The van der Waals surface area contributed by atoms with Gasteiger partial charge in [-0.15, -0.1) is 0 Å². The lowest BCUT2D eigenvalue weighted by Gasteiger charge is -2.30. The Morgan fingerprint density at radius 3 is 2.38 bits per heavy atom. The van der Waals surface area contributed by atoms with Crippen molar-refractivity contribution in [2.75, 3.05) is 0 Å². The summed E-state index contributed by atoms with van der Waals surface area (Å²) in [5.41, 5.74) is 5.72. The van der Waals surface area contributed by atoms with Crippen LogP contribution in [0.4, 0.5) is 0 Å². The Kier molecular flexibility index (Phi) is 1.90. The molecule has 0 saturated heterocycles. The minimum Gasteiger partial charge on any atom is -0.327 e. The van der Waals surface area contributed by atoms with Gasteiger partial charge in [-0.05, 0) is 25.2 Å². The summed E-state index contributed by atoms with van der Waals surface area (Å²) in [5.74, 6) is 0.812. The Labute approximate surface area is 51.3 Å². The molecule has 1 atom stereocenters. The Morgan fingerprint density at radius 2 is 2.25 bits per heavy atom. The molecular weight excluding hydrogens is 98.1 g/mol. The molecule has 0 aliphatic heterocycles. The summed E-state index contributed by atoms with van der Waals surface area (Å²) in [6.07, 6.45) is 4.98. The predicted molar refractivity (Wildman–Crippen MR) is 35.3 cm³/mol. The van der Waals surface area contributed by atoms with Gasteiger partial charge in [-0.3, -0.25) is 0 Å². The second kappa shape index (κ2) is 2.49. The molecule has 1 unspecified atom stereocenters. The van der Waals surface area contributed by atoms with Crippen LogP contribution in [0.1, 0.15) is 25.7 Å². The molecule has 1 fully saturated rings. The van der Waals surface area contributed by atoms with Crippen molar-refractivity contribution in [2.45, 2.75) is 31.7 Å². The van der Waals surface area contributed by atoms with Crippen LogP contribution in [0.25, 0.3) is 0 Å². The highest BCUT2D eigenvalue weighted by Crippen LogP contribution is 2.29. The van der Waals surface area contributed by atoms with Gasteiger partial charge >= 0.3 is 0 Å². The fourth-order valence-electron chi connectivity index (χ4n) is 1.10. The van der Waals surface area contributed by atoms with Gasteiger partial charge in [0.05, 0.1) is 0 Å². The average molecular weight is 112 g/mol. The molecular formula is C7H14N. The average Bonchev–Trinajstić information content (AvgIpc) is 1.62. The Bertz CT molecular complexity index is 64.0. The standard InChI is InChI=1S/C7H14N/c1-2-7(8)6-4-3-5-6/h6-7H,1-5,8H2. The summed E-state index contributed by atoms with van der Waals surface area (Å²) < 4.78 is 0. The minimum atomic E-state index is 0.392. The van der Waals surface area contributed by atoms with Gasteiger partial charge < -0.3 is 5.73 Å². The highest BCUT2D eigenvalue weighted by Gasteiger charge is 2.22. The number of hydrogen-bond donors (Lipinski definition) is 1. The lowest BCUT2D eigenvalue weighted by Crippen LogP contribution is -2.33. The van der Waals surface area contributed by atoms with Gasteiger partial charge in [-0.25, -0.2) is 0 Å². The van der Waals surface area contributed by atoms with Crippen molar-refractivity contribution in [1.82, 2.24) is 0 Å². The minimum absolute atomic E-state index is 0.392. The van der Waals surface area contributed by atoms with Crippen LogP contribution in [0.3, 0.4) is 0 Å². The first-order valence-electron chi connectivity index (χ1n) is 3.39. The van der Waals surface area contributed by atoms with Crippen molar-refractivity contribution < 1.29 is 0 Å². The Morgan fingerprint density at radius 1 is 1.62 bits per heavy atom. The van der Waals surface area contributed by atoms with Crippen molar-refractivity contribution in [2.24, 2.45) is 11.7 Å². The Hall–Kier alpha value is -0.0400. The fourth-order valence-corrected chi connectivity index (χ4v) is 1.10. The molecule has 0 aromatic carbocycles. The third kappa shape index (κ3) is 1.03. The molecule has 1 rings (SSSR count). The molecule has 0 amide bonds. The largest absolute Gasteiger partial charge is 0.327 e. The molecule has 1 nitrogen and oxygen atoms in total. The van der Waals surface area contributed by atoms with E-state index in [-0.39, 0.29) is 0 Å². The molecule has 47 valence electrons. The molecule has 1 heteroatoms. The van der Waals surface area contributed by atoms with E-state index in [1.807, 2.05) is 0 Å². The zero-order valence-electron chi connectivity index (χ0n) is 5.27. The van der Waals surface area contributed by atoms with Crippen LogP contribution in [0.2, 0.25) is 0 Å². The summed E-state index contributed by atoms with van der Waals surface area (Å²) in [6.45, 7) is 3.76. The second-order valence-electron chi connectivity index (χ2n) is 2.64. The highest BCUT2D eigenvalue weighted by molar-refractivity contribution is 4.80. The summed E-state index contributed by atoms with van der Waals surface area (Å²) in [7, 11) is 0. The van der Waals surface area contributed by atoms with Crippen molar-refractivity contribution >= 4 is 0 Å². The quantitative estimate of drug-likeness (QED) is 0.573. The number of hydrogen-bond acceptors (Lipinski definition) is 1. The molecule has 2 N–H and O–H groups in total. The third-order valence-electron chi connectivity index (χ3n) is 2.09. The van der Waals surface area contributed by atoms with E-state index in [1.165, 1.54) is 19.3 Å². The monoisotopic (exact) mass is 112 g/mol. The molecule has 0 bridgehead atoms. The smallest absolute Gasteiger partial charge is 0.00671 e. The van der Waals surface area contributed by atoms with Gasteiger partial charge in [0, 0.05) is 6.04 Å². The van der Waals surface area contributed by atoms with Crippen LogP contribution in [0.5, 0.6) is 0 Å². The van der Waals surface area contributed by atoms with Crippen molar-refractivity contribution in [3.63, 3.8) is 0 Å². The van der Waals surface area contributed by atoms with E-state index in [0.717, 1.165) is 12.3 Å². The lowest BCUT2D eigenvalue weighted by molar-refractivity contribution is 0.262. The zero-order valence-corrected chi connectivity index (χ0v) is 5.27. The first-order chi connectivity index (χ1) is 3.84. The topological polar surface area (TPSA) is 26.0 Å². The normalized spacial score (nSPS) is 24.8. The van der Waals surface area contributed by atoms with Gasteiger partial charge in [-0.2, -0.15) is 0 Å². The summed E-state index contributed by atoms with van der Waals surface area (Å²) >= 11 is 0. The van der Waals surface area contributed by atoms with Crippen LogP contribution in [-0.2, 0) is 0 Å². The van der Waals surface area contributed by atoms with Gasteiger partial charge in [0.2, 0.25) is 0 Å². The maximum Gasteiger partial charge on any atom is 0.00671 e. The van der Waals surface area contributed by atoms with Gasteiger partial charge in [0.1, 0.15) is 0 Å². The molecule has 1 aliphatic rings. The van der Waals surface area contributed by atoms with Crippen LogP contribution < -0.4 is 5.73 Å². The van der Waals surface area contributed by atoms with Gasteiger partial charge in [0.25, 0.3) is 0 Å². The first-order valence-corrected chi connectivity index (χ1v) is 3.39. The Balaban J connectivity index is 2.13. The maximum absolute atomic E-state index is 5.72. The van der Waals surface area contributed by atoms with E-state index < -0.39 is 0 Å². The molecule has 1 saturated carbocycles. The fraction of sp³-hybridized carbons (Fsp3) is 0.857. The van der Waals surface area contributed by atoms with Crippen molar-refractivity contribution in [3.8, 4) is 0 Å². The SMILES string of the molecule is [CH2]CC(N)C1CCC1. The summed E-state index contributed by atoms with van der Waals surface area (Å²) in [4.78, 5) is 0. The van der Waals surface area contributed by atoms with E-state index in [2.05, 4.69) is 6.92 Å². The lowest BCUT2D eigenvalue weighted by atomic mass is 9.79. The van der Waals surface area contributed by atoms with Crippen LogP contribution in [0, 0.1) is 12.8 Å². The van der Waals surface area contributed by atoms with Crippen LogP contribution in [-0.4, -0.2) is 6.04 Å². The maximum atomic E-state index is 5.72. The summed E-state index contributed by atoms with van der Waals surface area (Å²) in [6, 6.07) is 0.392. The third-order valence-corrected chi connectivity index (χ3v) is 2.09. The summed E-state index contributed by atoms with van der Waals surface area (Å²) in [5, 5.41) is 0. The van der Waals surface area contributed by atoms with Gasteiger partial charge in [0.15, 0.2) is 0 Å². The number of rotatable bonds is 2. The van der Waals surface area contributed by atoms with Crippen molar-refractivity contribution in [3.05, 3.63) is 6.92 Å². The van der Waals surface area contributed by atoms with E-state index in [1.54, 1.807) is 0 Å². The molecule has 0 spiro atoms. The molecule has 0 aromatic rings. The van der Waals surface area contributed by atoms with Crippen LogP contribution >= 0.6 is 0 Å². The van der Waals surface area contributed by atoms with E-state index in [0.29, 0.717) is 6.04 Å². The number of nitrogens with two attached hydrogens (primary N) is 1. The van der Waals surface area contributed by atoms with E-state index in [4.69, 9.17) is 5.73 Å². The second-order valence-corrected chi connectivity index (χ2v) is 2.64. The van der Waals surface area contributed by atoms with Crippen LogP contribution in [0.15, 0.2) is 0 Å². The zero-order chi connectivity index (χ0) is 5.98. The van der Waals surface area contributed by atoms with E-state index >= 15 is 0 Å². The van der Waals surface area contributed by atoms with Crippen molar-refractivity contribution in [1.29, 1.82) is 0 Å². The van der Waals surface area contributed by atoms with E-state index in [9.17, 15) is 0 Å². The van der Waals surface area contributed by atoms with Gasteiger partial charge in [-0.1, -0.05) is 13.3 Å². The highest BCUT2D eigenvalue weighted by atomic mass is 14.7. The first kappa shape index (κ1) is 6.09. The molecule has 0 aromatic heterocycles. The molecule has 8 heavy (non-hydrogen) atoms. The predicted octanol–water partition coefficient (Wildman–Crippen LogP) is 1.34. The molecule has 0 heterocycles. The molecule has 1 radical (unpaired) electrons.